The summed E-state index contributed by atoms with van der Waals surface area (Å²) < 4.78 is 2.34. The van der Waals surface area contributed by atoms with Gasteiger partial charge in [0.15, 0.2) is 0 Å². The van der Waals surface area contributed by atoms with Crippen LogP contribution in [0.1, 0.15) is 11.4 Å². The number of amides is 2. The molecule has 0 saturated heterocycles. The number of rotatable bonds is 5. The highest BCUT2D eigenvalue weighted by Gasteiger charge is 2.09. The van der Waals surface area contributed by atoms with Crippen molar-refractivity contribution < 1.29 is 9.59 Å². The molecule has 2 amide bonds. The third-order valence-corrected chi connectivity index (χ3v) is 4.55. The van der Waals surface area contributed by atoms with E-state index >= 15 is 0 Å². The second kappa shape index (κ2) is 7.71. The summed E-state index contributed by atoms with van der Waals surface area (Å²) in [5.74, 6) is -0.783. The van der Waals surface area contributed by atoms with E-state index < -0.39 is 5.91 Å². The van der Waals surface area contributed by atoms with E-state index in [0.29, 0.717) is 6.42 Å². The molecule has 0 atom stereocenters. The van der Waals surface area contributed by atoms with Crippen LogP contribution in [0.2, 0.25) is 0 Å². The Morgan fingerprint density at radius 1 is 1.04 bits per heavy atom. The lowest BCUT2D eigenvalue weighted by Crippen LogP contribution is -2.44. The minimum absolute atomic E-state index is 0.155. The number of thiazole rings is 1. The maximum absolute atomic E-state index is 11.8. The van der Waals surface area contributed by atoms with E-state index in [9.17, 15) is 14.4 Å². The highest BCUT2D eigenvalue weighted by atomic mass is 32.1. The SMILES string of the molecule is O=C(CCc1nc2ccccc2s1)NNC(=O)Cn1ccccc1=O. The minimum Gasteiger partial charge on any atom is -0.306 e. The van der Waals surface area contributed by atoms with Gasteiger partial charge in [-0.25, -0.2) is 4.98 Å². The molecule has 0 spiro atoms. The zero-order valence-corrected chi connectivity index (χ0v) is 14.1. The van der Waals surface area contributed by atoms with Crippen molar-refractivity contribution in [3.63, 3.8) is 0 Å². The third kappa shape index (κ3) is 4.51. The van der Waals surface area contributed by atoms with Crippen molar-refractivity contribution in [3.05, 3.63) is 64.0 Å². The fourth-order valence-corrected chi connectivity index (χ4v) is 3.20. The summed E-state index contributed by atoms with van der Waals surface area (Å²) >= 11 is 1.55. The lowest BCUT2D eigenvalue weighted by Gasteiger charge is -2.08. The molecule has 2 aromatic heterocycles. The molecule has 25 heavy (non-hydrogen) atoms. The first-order chi connectivity index (χ1) is 12.1. The van der Waals surface area contributed by atoms with Crippen molar-refractivity contribution in [2.45, 2.75) is 19.4 Å². The molecule has 0 saturated carbocycles. The Labute approximate surface area is 147 Å². The molecule has 0 unspecified atom stereocenters. The molecule has 1 aromatic carbocycles. The summed E-state index contributed by atoms with van der Waals surface area (Å²) in [4.78, 5) is 39.6. The first kappa shape index (κ1) is 16.8. The fourth-order valence-electron chi connectivity index (χ4n) is 2.23. The Bertz CT molecular complexity index is 930. The molecule has 128 valence electrons. The molecule has 0 fully saturated rings. The molecule has 0 bridgehead atoms. The van der Waals surface area contributed by atoms with Gasteiger partial charge in [-0.3, -0.25) is 25.2 Å². The fraction of sp³-hybridized carbons (Fsp3) is 0.176. The molecular weight excluding hydrogens is 340 g/mol. The van der Waals surface area contributed by atoms with Crippen LogP contribution in [0.5, 0.6) is 0 Å². The van der Waals surface area contributed by atoms with Gasteiger partial charge in [-0.15, -0.1) is 11.3 Å². The number of benzene rings is 1. The molecule has 3 aromatic rings. The van der Waals surface area contributed by atoms with Crippen LogP contribution < -0.4 is 16.4 Å². The highest BCUT2D eigenvalue weighted by Crippen LogP contribution is 2.22. The lowest BCUT2D eigenvalue weighted by molar-refractivity contribution is -0.129. The van der Waals surface area contributed by atoms with Crippen LogP contribution in [0.15, 0.2) is 53.5 Å². The predicted molar refractivity (Wildman–Crippen MR) is 94.9 cm³/mol. The number of fused-ring (bicyclic) bond motifs is 1. The predicted octanol–water partition coefficient (Wildman–Crippen LogP) is 1.24. The van der Waals surface area contributed by atoms with Crippen LogP contribution in [-0.2, 0) is 22.6 Å². The number of hydrogen-bond acceptors (Lipinski definition) is 5. The number of nitrogens with one attached hydrogen (secondary N) is 2. The number of aryl methyl sites for hydroxylation is 1. The van der Waals surface area contributed by atoms with Crippen LogP contribution in [0.3, 0.4) is 0 Å². The second-order valence-electron chi connectivity index (χ2n) is 5.34. The van der Waals surface area contributed by atoms with Gasteiger partial charge in [0.05, 0.1) is 15.2 Å². The van der Waals surface area contributed by atoms with Crippen LogP contribution in [0.4, 0.5) is 0 Å². The van der Waals surface area contributed by atoms with Crippen molar-refractivity contribution in [2.75, 3.05) is 0 Å². The molecule has 2 N–H and O–H groups in total. The standard InChI is InChI=1S/C17H16N4O3S/c22-14(8-9-16-18-12-5-1-2-6-13(12)25-16)19-20-15(23)11-21-10-4-3-7-17(21)24/h1-7,10H,8-9,11H2,(H,19,22)(H,20,23). The number of carbonyl (C=O) groups excluding carboxylic acids is 2. The Hall–Kier alpha value is -3.00. The smallest absolute Gasteiger partial charge is 0.258 e. The van der Waals surface area contributed by atoms with Crippen molar-refractivity contribution in [2.24, 2.45) is 0 Å². The summed E-state index contributed by atoms with van der Waals surface area (Å²) in [5.41, 5.74) is 5.30. The summed E-state index contributed by atoms with van der Waals surface area (Å²) in [7, 11) is 0. The Morgan fingerprint density at radius 3 is 2.60 bits per heavy atom. The number of pyridine rings is 1. The number of hydrazine groups is 1. The largest absolute Gasteiger partial charge is 0.306 e. The van der Waals surface area contributed by atoms with Gasteiger partial charge in [0, 0.05) is 25.1 Å². The van der Waals surface area contributed by atoms with Gasteiger partial charge >= 0.3 is 0 Å². The van der Waals surface area contributed by atoms with Crippen molar-refractivity contribution >= 4 is 33.4 Å². The van der Waals surface area contributed by atoms with Gasteiger partial charge in [-0.1, -0.05) is 18.2 Å². The number of carbonyl (C=O) groups is 2. The van der Waals surface area contributed by atoms with Crippen LogP contribution in [-0.4, -0.2) is 21.4 Å². The average molecular weight is 356 g/mol. The molecular formula is C17H16N4O3S. The van der Waals surface area contributed by atoms with Gasteiger partial charge in [-0.05, 0) is 18.2 Å². The van der Waals surface area contributed by atoms with Gasteiger partial charge in [0.2, 0.25) is 5.91 Å². The van der Waals surface area contributed by atoms with Crippen molar-refractivity contribution in [3.8, 4) is 0 Å². The molecule has 3 rings (SSSR count). The topological polar surface area (TPSA) is 93.1 Å². The molecule has 8 heteroatoms. The van der Waals surface area contributed by atoms with E-state index in [-0.39, 0.29) is 24.4 Å². The molecule has 0 aliphatic heterocycles. The zero-order valence-electron chi connectivity index (χ0n) is 13.3. The quantitative estimate of drug-likeness (QED) is 0.673. The Kier molecular flexibility index (Phi) is 5.20. The number of nitrogens with zero attached hydrogens (tertiary/aromatic N) is 2. The summed E-state index contributed by atoms with van der Waals surface area (Å²) in [5, 5.41) is 0.874. The summed E-state index contributed by atoms with van der Waals surface area (Å²) in [6.45, 7) is -0.155. The van der Waals surface area contributed by atoms with Crippen molar-refractivity contribution in [1.82, 2.24) is 20.4 Å². The number of aromatic nitrogens is 2. The Balaban J connectivity index is 1.45. The molecule has 0 radical (unpaired) electrons. The van der Waals surface area contributed by atoms with Crippen LogP contribution in [0, 0.1) is 0 Å². The van der Waals surface area contributed by atoms with E-state index in [0.717, 1.165) is 15.2 Å². The van der Waals surface area contributed by atoms with E-state index in [2.05, 4.69) is 15.8 Å². The van der Waals surface area contributed by atoms with Crippen LogP contribution in [0.25, 0.3) is 10.2 Å². The molecule has 0 aliphatic rings. The minimum atomic E-state index is -0.471. The third-order valence-electron chi connectivity index (χ3n) is 3.46. The van der Waals surface area contributed by atoms with Gasteiger partial charge in [0.1, 0.15) is 6.54 Å². The van der Waals surface area contributed by atoms with Gasteiger partial charge < -0.3 is 4.57 Å². The number of hydrogen-bond donors (Lipinski definition) is 2. The van der Waals surface area contributed by atoms with Crippen LogP contribution >= 0.6 is 11.3 Å². The first-order valence-corrected chi connectivity index (χ1v) is 8.51. The average Bonchev–Trinajstić information content (AvgIpc) is 3.03. The summed E-state index contributed by atoms with van der Waals surface area (Å²) in [6, 6.07) is 12.4. The van der Waals surface area contributed by atoms with E-state index in [1.165, 1.54) is 16.8 Å². The zero-order chi connectivity index (χ0) is 17.6. The molecule has 0 aliphatic carbocycles. The van der Waals surface area contributed by atoms with Crippen molar-refractivity contribution in [1.29, 1.82) is 0 Å². The normalized spacial score (nSPS) is 10.6. The maximum Gasteiger partial charge on any atom is 0.258 e. The maximum atomic E-state index is 11.8. The molecule has 2 heterocycles. The monoisotopic (exact) mass is 356 g/mol. The van der Waals surface area contributed by atoms with E-state index in [1.807, 2.05) is 24.3 Å². The molecule has 7 nitrogen and oxygen atoms in total. The second-order valence-corrected chi connectivity index (χ2v) is 6.45. The Morgan fingerprint density at radius 2 is 1.80 bits per heavy atom. The number of para-hydroxylation sites is 1. The summed E-state index contributed by atoms with van der Waals surface area (Å²) in [6.07, 6.45) is 2.22. The van der Waals surface area contributed by atoms with Gasteiger partial charge in [0.25, 0.3) is 11.5 Å². The van der Waals surface area contributed by atoms with Gasteiger partial charge in [-0.2, -0.15) is 0 Å². The highest BCUT2D eigenvalue weighted by molar-refractivity contribution is 7.18. The first-order valence-electron chi connectivity index (χ1n) is 7.69. The van der Waals surface area contributed by atoms with E-state index in [4.69, 9.17) is 0 Å². The van der Waals surface area contributed by atoms with E-state index in [1.54, 1.807) is 23.5 Å². The lowest BCUT2D eigenvalue weighted by atomic mass is 10.3.